The van der Waals surface area contributed by atoms with E-state index in [1.165, 1.54) is 32.4 Å². The fourth-order valence-electron chi connectivity index (χ4n) is 1.59. The molecule has 0 aliphatic carbocycles. The summed E-state index contributed by atoms with van der Waals surface area (Å²) in [6, 6.07) is 0. The van der Waals surface area contributed by atoms with Crippen molar-refractivity contribution in [3.8, 4) is 0 Å². The highest BCUT2D eigenvalue weighted by atomic mass is 32.1. The molecule has 0 aromatic rings. The molecule has 0 atom stereocenters. The number of rotatable bonds is 2. The summed E-state index contributed by atoms with van der Waals surface area (Å²) in [5.74, 6) is 0.854. The summed E-state index contributed by atoms with van der Waals surface area (Å²) in [5, 5.41) is 0. The van der Waals surface area contributed by atoms with Crippen molar-refractivity contribution in [3.63, 3.8) is 0 Å². The first kappa shape index (κ1) is 9.40. The third-order valence-electron chi connectivity index (χ3n) is 2.57. The average molecular weight is 172 g/mol. The van der Waals surface area contributed by atoms with Gasteiger partial charge in [0.2, 0.25) is 0 Å². The van der Waals surface area contributed by atoms with Crippen molar-refractivity contribution in [2.75, 3.05) is 18.8 Å². The van der Waals surface area contributed by atoms with Crippen LogP contribution >= 0.6 is 12.6 Å². The molecule has 0 aromatic heterocycles. The van der Waals surface area contributed by atoms with Crippen LogP contribution in [-0.2, 0) is 0 Å². The Labute approximate surface area is 75.6 Å². The van der Waals surface area contributed by atoms with Gasteiger partial charge in [-0.3, -0.25) is 4.90 Å². The van der Waals surface area contributed by atoms with Gasteiger partial charge in [-0.1, -0.05) is 19.0 Å². The smallest absolute Gasteiger partial charge is 0.0251 e. The zero-order valence-corrected chi connectivity index (χ0v) is 8.41. The second-order valence-corrected chi connectivity index (χ2v) is 4.29. The lowest BCUT2D eigenvalue weighted by atomic mass is 10.0. The lowest BCUT2D eigenvalue weighted by Crippen LogP contribution is -2.47. The largest absolute Gasteiger partial charge is 0.297 e. The van der Waals surface area contributed by atoms with Gasteiger partial charge in [0.1, 0.15) is 0 Å². The molecule has 1 rings (SSSR count). The SMILES string of the molecule is CC(C)(C[S])N1CCCCC1. The Morgan fingerprint density at radius 2 is 1.73 bits per heavy atom. The Morgan fingerprint density at radius 1 is 1.18 bits per heavy atom. The second kappa shape index (κ2) is 3.81. The Balaban J connectivity index is 2.43. The second-order valence-electron chi connectivity index (χ2n) is 4.00. The minimum Gasteiger partial charge on any atom is -0.297 e. The van der Waals surface area contributed by atoms with Crippen LogP contribution in [0.5, 0.6) is 0 Å². The lowest BCUT2D eigenvalue weighted by Gasteiger charge is -2.39. The molecule has 1 aliphatic rings. The van der Waals surface area contributed by atoms with Gasteiger partial charge in [-0.15, -0.1) is 0 Å². The minimum absolute atomic E-state index is 0.260. The molecule has 1 saturated heterocycles. The van der Waals surface area contributed by atoms with Gasteiger partial charge in [-0.2, -0.15) is 0 Å². The molecule has 0 saturated carbocycles. The molecule has 65 valence electrons. The van der Waals surface area contributed by atoms with Crippen molar-refractivity contribution < 1.29 is 0 Å². The molecule has 0 unspecified atom stereocenters. The third kappa shape index (κ3) is 2.38. The summed E-state index contributed by atoms with van der Waals surface area (Å²) < 4.78 is 0. The predicted octanol–water partition coefficient (Wildman–Crippen LogP) is 2.45. The molecule has 11 heavy (non-hydrogen) atoms. The molecule has 0 spiro atoms. The van der Waals surface area contributed by atoms with Crippen LogP contribution in [0, 0.1) is 0 Å². The summed E-state index contributed by atoms with van der Waals surface area (Å²) in [7, 11) is 0. The maximum Gasteiger partial charge on any atom is 0.0251 e. The van der Waals surface area contributed by atoms with Gasteiger partial charge in [-0.05, 0) is 39.8 Å². The van der Waals surface area contributed by atoms with Crippen LogP contribution in [-0.4, -0.2) is 29.3 Å². The van der Waals surface area contributed by atoms with Crippen LogP contribution in [0.4, 0.5) is 0 Å². The fraction of sp³-hybridized carbons (Fsp3) is 1.00. The number of nitrogens with zero attached hydrogens (tertiary/aromatic N) is 1. The summed E-state index contributed by atoms with van der Waals surface area (Å²) >= 11 is 5.13. The normalized spacial score (nSPS) is 22.1. The number of hydrogen-bond donors (Lipinski definition) is 0. The van der Waals surface area contributed by atoms with Gasteiger partial charge in [-0.25, -0.2) is 0 Å². The quantitative estimate of drug-likeness (QED) is 0.618. The first-order valence-electron chi connectivity index (χ1n) is 4.50. The zero-order chi connectivity index (χ0) is 8.32. The Bertz CT molecular complexity index is 117. The van der Waals surface area contributed by atoms with Crippen LogP contribution in [0.15, 0.2) is 0 Å². The molecule has 0 bridgehead atoms. The van der Waals surface area contributed by atoms with Gasteiger partial charge in [0, 0.05) is 11.3 Å². The van der Waals surface area contributed by atoms with Crippen LogP contribution in [0.25, 0.3) is 0 Å². The average Bonchev–Trinajstić information content (AvgIpc) is 2.06. The van der Waals surface area contributed by atoms with E-state index in [1.807, 2.05) is 0 Å². The van der Waals surface area contributed by atoms with Gasteiger partial charge in [0.15, 0.2) is 0 Å². The van der Waals surface area contributed by atoms with Crippen LogP contribution < -0.4 is 0 Å². The van der Waals surface area contributed by atoms with Gasteiger partial charge in [0.25, 0.3) is 0 Å². The summed E-state index contributed by atoms with van der Waals surface area (Å²) in [5.41, 5.74) is 0.260. The molecule has 0 aromatic carbocycles. The monoisotopic (exact) mass is 172 g/mol. The summed E-state index contributed by atoms with van der Waals surface area (Å²) in [6.07, 6.45) is 4.13. The summed E-state index contributed by atoms with van der Waals surface area (Å²) in [6.45, 7) is 7.02. The van der Waals surface area contributed by atoms with E-state index in [2.05, 4.69) is 18.7 Å². The predicted molar refractivity (Wildman–Crippen MR) is 52.0 cm³/mol. The van der Waals surface area contributed by atoms with E-state index in [9.17, 15) is 0 Å². The van der Waals surface area contributed by atoms with Gasteiger partial charge < -0.3 is 0 Å². The maximum atomic E-state index is 5.13. The van der Waals surface area contributed by atoms with Crippen LogP contribution in [0.1, 0.15) is 33.1 Å². The highest BCUT2D eigenvalue weighted by Crippen LogP contribution is 2.21. The molecule has 0 amide bonds. The Kier molecular flexibility index (Phi) is 3.26. The minimum atomic E-state index is 0.260. The van der Waals surface area contributed by atoms with E-state index >= 15 is 0 Å². The standard InChI is InChI=1S/C9H18NS/c1-9(2,8-11)10-6-4-3-5-7-10/h3-8H2,1-2H3. The maximum absolute atomic E-state index is 5.13. The van der Waals surface area contributed by atoms with Crippen molar-refractivity contribution in [3.05, 3.63) is 0 Å². The van der Waals surface area contributed by atoms with Crippen molar-refractivity contribution in [1.29, 1.82) is 0 Å². The van der Waals surface area contributed by atoms with E-state index in [1.54, 1.807) is 0 Å². The molecule has 1 fully saturated rings. The molecule has 1 nitrogen and oxygen atoms in total. The fourth-order valence-corrected chi connectivity index (χ4v) is 1.77. The van der Waals surface area contributed by atoms with Crippen LogP contribution in [0.3, 0.4) is 0 Å². The highest BCUT2D eigenvalue weighted by molar-refractivity contribution is 7.80. The van der Waals surface area contributed by atoms with Gasteiger partial charge >= 0.3 is 0 Å². The topological polar surface area (TPSA) is 3.24 Å². The van der Waals surface area contributed by atoms with E-state index in [0.717, 1.165) is 5.75 Å². The first-order valence-corrected chi connectivity index (χ1v) is 5.08. The molecule has 2 heteroatoms. The number of hydrogen-bond acceptors (Lipinski definition) is 1. The highest BCUT2D eigenvalue weighted by Gasteiger charge is 2.26. The summed E-state index contributed by atoms with van der Waals surface area (Å²) in [4.78, 5) is 2.53. The third-order valence-corrected chi connectivity index (χ3v) is 3.27. The zero-order valence-electron chi connectivity index (χ0n) is 7.60. The molecule has 1 heterocycles. The lowest BCUT2D eigenvalue weighted by molar-refractivity contribution is 0.115. The van der Waals surface area contributed by atoms with Crippen LogP contribution in [0.2, 0.25) is 0 Å². The molecular weight excluding hydrogens is 154 g/mol. The van der Waals surface area contributed by atoms with Crippen molar-refractivity contribution in [2.24, 2.45) is 0 Å². The Hall–Kier alpha value is 0.310. The van der Waals surface area contributed by atoms with E-state index < -0.39 is 0 Å². The van der Waals surface area contributed by atoms with E-state index in [4.69, 9.17) is 12.6 Å². The van der Waals surface area contributed by atoms with Crippen molar-refractivity contribution >= 4 is 12.6 Å². The first-order chi connectivity index (χ1) is 5.17. The van der Waals surface area contributed by atoms with E-state index in [0.29, 0.717) is 0 Å². The molecule has 1 radical (unpaired) electrons. The van der Waals surface area contributed by atoms with E-state index in [-0.39, 0.29) is 5.54 Å². The number of piperidine rings is 1. The Morgan fingerprint density at radius 3 is 2.18 bits per heavy atom. The molecule has 1 aliphatic heterocycles. The van der Waals surface area contributed by atoms with Crippen molar-refractivity contribution in [1.82, 2.24) is 4.90 Å². The van der Waals surface area contributed by atoms with Crippen molar-refractivity contribution in [2.45, 2.75) is 38.6 Å². The molecular formula is C9H18NS. The molecule has 0 N–H and O–H groups in total. The van der Waals surface area contributed by atoms with Gasteiger partial charge in [0.05, 0.1) is 0 Å². The number of likely N-dealkylation sites (tertiary alicyclic amines) is 1.